The molecule has 0 spiro atoms. The Labute approximate surface area is 121 Å². The van der Waals surface area contributed by atoms with Crippen LogP contribution in [-0.2, 0) is 4.79 Å². The summed E-state index contributed by atoms with van der Waals surface area (Å²) in [5.74, 6) is 2.30. The standard InChI is InChI=1S/C15H26N4O/c1-11(2)19-14(5-6-16-19)17-15(20)10-18-8-12(3)7-13(4)9-18/h5-6,11-13H,7-10H2,1-4H3,(H,17,20)/p+1/t12-,13-/m1/s1. The molecule has 0 unspecified atom stereocenters. The van der Waals surface area contributed by atoms with Crippen LogP contribution in [0.15, 0.2) is 12.3 Å². The van der Waals surface area contributed by atoms with Crippen molar-refractivity contribution in [2.75, 3.05) is 25.0 Å². The fourth-order valence-corrected chi connectivity index (χ4v) is 3.31. The Morgan fingerprint density at radius 2 is 2.10 bits per heavy atom. The van der Waals surface area contributed by atoms with Crippen LogP contribution in [0.4, 0.5) is 5.82 Å². The predicted molar refractivity (Wildman–Crippen MR) is 79.8 cm³/mol. The summed E-state index contributed by atoms with van der Waals surface area (Å²) in [4.78, 5) is 13.6. The molecule has 5 nitrogen and oxygen atoms in total. The molecule has 1 amide bonds. The molecular formula is C15H27N4O+. The average Bonchev–Trinajstić information content (AvgIpc) is 2.75. The van der Waals surface area contributed by atoms with Crippen LogP contribution in [0, 0.1) is 11.8 Å². The Hall–Kier alpha value is -1.36. The van der Waals surface area contributed by atoms with Gasteiger partial charge in [0, 0.05) is 23.9 Å². The molecule has 2 atom stereocenters. The van der Waals surface area contributed by atoms with Gasteiger partial charge in [0.25, 0.3) is 5.91 Å². The first-order valence-corrected chi connectivity index (χ1v) is 7.62. The number of nitrogens with one attached hydrogen (secondary N) is 2. The van der Waals surface area contributed by atoms with E-state index in [9.17, 15) is 4.79 Å². The van der Waals surface area contributed by atoms with Crippen LogP contribution in [0.1, 0.15) is 40.2 Å². The first-order valence-electron chi connectivity index (χ1n) is 7.62. The molecule has 1 saturated heterocycles. The third-order valence-corrected chi connectivity index (χ3v) is 3.92. The van der Waals surface area contributed by atoms with Crippen molar-refractivity contribution in [3.8, 4) is 0 Å². The molecule has 2 N–H and O–H groups in total. The molecule has 5 heteroatoms. The van der Waals surface area contributed by atoms with E-state index in [1.165, 1.54) is 11.3 Å². The van der Waals surface area contributed by atoms with E-state index in [4.69, 9.17) is 0 Å². The van der Waals surface area contributed by atoms with Crippen LogP contribution in [0.25, 0.3) is 0 Å². The topological polar surface area (TPSA) is 51.4 Å². The number of hydrogen-bond donors (Lipinski definition) is 2. The number of amides is 1. The lowest BCUT2D eigenvalue weighted by Gasteiger charge is -2.31. The van der Waals surface area contributed by atoms with Gasteiger partial charge in [-0.25, -0.2) is 4.68 Å². The zero-order chi connectivity index (χ0) is 14.7. The van der Waals surface area contributed by atoms with E-state index >= 15 is 0 Å². The van der Waals surface area contributed by atoms with Crippen molar-refractivity contribution in [2.24, 2.45) is 11.8 Å². The van der Waals surface area contributed by atoms with Gasteiger partial charge in [-0.15, -0.1) is 0 Å². The zero-order valence-electron chi connectivity index (χ0n) is 13.0. The molecular weight excluding hydrogens is 252 g/mol. The van der Waals surface area contributed by atoms with Crippen molar-refractivity contribution in [3.63, 3.8) is 0 Å². The number of carbonyl (C=O) groups excluding carboxylic acids is 1. The summed E-state index contributed by atoms with van der Waals surface area (Å²) in [5, 5.41) is 7.22. The Morgan fingerprint density at radius 3 is 2.70 bits per heavy atom. The van der Waals surface area contributed by atoms with Gasteiger partial charge >= 0.3 is 0 Å². The molecule has 0 radical (unpaired) electrons. The lowest BCUT2D eigenvalue weighted by atomic mass is 9.92. The highest BCUT2D eigenvalue weighted by Crippen LogP contribution is 2.13. The summed E-state index contributed by atoms with van der Waals surface area (Å²) >= 11 is 0. The van der Waals surface area contributed by atoms with Crippen LogP contribution in [-0.4, -0.2) is 35.3 Å². The summed E-state index contributed by atoms with van der Waals surface area (Å²) in [6.45, 7) is 11.4. The Morgan fingerprint density at radius 1 is 1.45 bits per heavy atom. The number of aromatic nitrogens is 2. The number of carbonyl (C=O) groups is 1. The van der Waals surface area contributed by atoms with E-state index < -0.39 is 0 Å². The van der Waals surface area contributed by atoms with Crippen molar-refractivity contribution in [2.45, 2.75) is 40.2 Å². The minimum Gasteiger partial charge on any atom is -0.327 e. The maximum absolute atomic E-state index is 12.2. The number of nitrogens with zero attached hydrogens (tertiary/aromatic N) is 2. The van der Waals surface area contributed by atoms with E-state index in [1.54, 1.807) is 6.20 Å². The SMILES string of the molecule is CC(C)n1nccc1NC(=O)C[NH+]1C[C@H](C)C[C@@H](C)C1. The number of likely N-dealkylation sites (tertiary alicyclic amines) is 1. The van der Waals surface area contributed by atoms with Gasteiger partial charge in [-0.05, 0) is 20.3 Å². The monoisotopic (exact) mass is 279 g/mol. The normalized spacial score (nSPS) is 26.8. The quantitative estimate of drug-likeness (QED) is 0.862. The van der Waals surface area contributed by atoms with Gasteiger partial charge in [-0.1, -0.05) is 13.8 Å². The molecule has 1 fully saturated rings. The van der Waals surface area contributed by atoms with Crippen molar-refractivity contribution < 1.29 is 9.69 Å². The number of piperidine rings is 1. The molecule has 112 valence electrons. The molecule has 0 saturated carbocycles. The molecule has 0 aliphatic carbocycles. The first kappa shape index (κ1) is 15.0. The van der Waals surface area contributed by atoms with Gasteiger partial charge in [0.05, 0.1) is 19.3 Å². The number of hydrogen-bond acceptors (Lipinski definition) is 2. The summed E-state index contributed by atoms with van der Waals surface area (Å²) in [6.07, 6.45) is 3.01. The second kappa shape index (κ2) is 6.39. The largest absolute Gasteiger partial charge is 0.327 e. The Bertz CT molecular complexity index is 444. The number of quaternary nitrogens is 1. The lowest BCUT2D eigenvalue weighted by Crippen LogP contribution is -3.15. The maximum Gasteiger partial charge on any atom is 0.280 e. The summed E-state index contributed by atoms with van der Waals surface area (Å²) in [6, 6.07) is 2.11. The molecule has 1 aromatic heterocycles. The highest BCUT2D eigenvalue weighted by atomic mass is 16.2. The van der Waals surface area contributed by atoms with E-state index in [0.29, 0.717) is 18.4 Å². The first-order chi connectivity index (χ1) is 9.45. The summed E-state index contributed by atoms with van der Waals surface area (Å²) in [7, 11) is 0. The highest BCUT2D eigenvalue weighted by Gasteiger charge is 2.26. The average molecular weight is 279 g/mol. The maximum atomic E-state index is 12.2. The van der Waals surface area contributed by atoms with E-state index in [-0.39, 0.29) is 11.9 Å². The van der Waals surface area contributed by atoms with Crippen molar-refractivity contribution in [3.05, 3.63) is 12.3 Å². The second-order valence-corrected chi connectivity index (χ2v) is 6.58. The van der Waals surface area contributed by atoms with Crippen molar-refractivity contribution in [1.82, 2.24) is 9.78 Å². The zero-order valence-corrected chi connectivity index (χ0v) is 13.0. The van der Waals surface area contributed by atoms with Crippen LogP contribution in [0.5, 0.6) is 0 Å². The van der Waals surface area contributed by atoms with Crippen LogP contribution >= 0.6 is 0 Å². The third-order valence-electron chi connectivity index (χ3n) is 3.92. The minimum absolute atomic E-state index is 0.0868. The molecule has 1 aromatic rings. The fourth-order valence-electron chi connectivity index (χ4n) is 3.31. The number of anilines is 1. The minimum atomic E-state index is 0.0868. The van der Waals surface area contributed by atoms with Crippen LogP contribution < -0.4 is 10.2 Å². The smallest absolute Gasteiger partial charge is 0.280 e. The second-order valence-electron chi connectivity index (χ2n) is 6.58. The molecule has 2 rings (SSSR count). The van der Waals surface area contributed by atoms with E-state index in [2.05, 4.69) is 38.1 Å². The Balaban J connectivity index is 1.90. The Kier molecular flexibility index (Phi) is 4.81. The van der Waals surface area contributed by atoms with Crippen molar-refractivity contribution >= 4 is 11.7 Å². The number of rotatable bonds is 4. The van der Waals surface area contributed by atoms with Gasteiger partial charge in [-0.2, -0.15) is 5.10 Å². The van der Waals surface area contributed by atoms with Gasteiger partial charge < -0.3 is 10.2 Å². The van der Waals surface area contributed by atoms with Crippen LogP contribution in [0.3, 0.4) is 0 Å². The van der Waals surface area contributed by atoms with E-state index in [0.717, 1.165) is 18.9 Å². The molecule has 0 aromatic carbocycles. The molecule has 2 heterocycles. The highest BCUT2D eigenvalue weighted by molar-refractivity contribution is 5.90. The van der Waals surface area contributed by atoms with Crippen LogP contribution in [0.2, 0.25) is 0 Å². The third kappa shape index (κ3) is 3.82. The van der Waals surface area contributed by atoms with Gasteiger partial charge in [0.1, 0.15) is 5.82 Å². The van der Waals surface area contributed by atoms with Gasteiger partial charge in [0.15, 0.2) is 6.54 Å². The summed E-state index contributed by atoms with van der Waals surface area (Å²) in [5.41, 5.74) is 0. The fraction of sp³-hybridized carbons (Fsp3) is 0.733. The summed E-state index contributed by atoms with van der Waals surface area (Å²) < 4.78 is 1.84. The van der Waals surface area contributed by atoms with E-state index in [1.807, 2.05) is 10.7 Å². The van der Waals surface area contributed by atoms with Gasteiger partial charge in [0.2, 0.25) is 0 Å². The molecule has 0 bridgehead atoms. The molecule has 20 heavy (non-hydrogen) atoms. The van der Waals surface area contributed by atoms with Crippen molar-refractivity contribution in [1.29, 1.82) is 0 Å². The molecule has 1 aliphatic heterocycles. The predicted octanol–water partition coefficient (Wildman–Crippen LogP) is 0.963. The van der Waals surface area contributed by atoms with Gasteiger partial charge in [-0.3, -0.25) is 4.79 Å². The molecule has 1 aliphatic rings. The lowest BCUT2D eigenvalue weighted by molar-refractivity contribution is -0.904.